The monoisotopic (exact) mass is 420 g/mol. The number of nitrogens with zero attached hydrogens (tertiary/aromatic N) is 2. The molecular formula is C25H28N2O4. The van der Waals surface area contributed by atoms with Crippen LogP contribution in [0, 0.1) is 6.92 Å². The van der Waals surface area contributed by atoms with E-state index < -0.39 is 0 Å². The number of methoxy groups -OCH3 is 1. The van der Waals surface area contributed by atoms with Gasteiger partial charge in [-0.1, -0.05) is 30.3 Å². The van der Waals surface area contributed by atoms with Crippen LogP contribution in [-0.2, 0) is 11.2 Å². The highest BCUT2D eigenvalue weighted by atomic mass is 16.5. The maximum Gasteiger partial charge on any atom is 0.260 e. The molecule has 0 aliphatic carbocycles. The highest BCUT2D eigenvalue weighted by molar-refractivity contribution is 5.78. The van der Waals surface area contributed by atoms with E-state index in [0.29, 0.717) is 18.9 Å². The zero-order valence-electron chi connectivity index (χ0n) is 18.0. The van der Waals surface area contributed by atoms with Crippen molar-refractivity contribution in [3.63, 3.8) is 0 Å². The lowest BCUT2D eigenvalue weighted by molar-refractivity contribution is -0.134. The van der Waals surface area contributed by atoms with Gasteiger partial charge in [0.25, 0.3) is 5.91 Å². The van der Waals surface area contributed by atoms with E-state index in [9.17, 15) is 4.79 Å². The number of carbonyl (C=O) groups is 1. The molecule has 1 amide bonds. The third kappa shape index (κ3) is 5.26. The number of para-hydroxylation sites is 1. The lowest BCUT2D eigenvalue weighted by Crippen LogP contribution is -2.41. The van der Waals surface area contributed by atoms with E-state index in [0.717, 1.165) is 47.8 Å². The zero-order valence-corrected chi connectivity index (χ0v) is 18.0. The van der Waals surface area contributed by atoms with Gasteiger partial charge < -0.3 is 18.8 Å². The summed E-state index contributed by atoms with van der Waals surface area (Å²) in [6.45, 7) is 3.37. The lowest BCUT2D eigenvalue weighted by atomic mass is 9.98. The number of aromatic nitrogens is 1. The van der Waals surface area contributed by atoms with Crippen LogP contribution >= 0.6 is 0 Å². The van der Waals surface area contributed by atoms with Crippen LogP contribution in [0.5, 0.6) is 11.5 Å². The molecule has 1 aliphatic heterocycles. The summed E-state index contributed by atoms with van der Waals surface area (Å²) in [5.74, 6) is 3.23. The Kier molecular flexibility index (Phi) is 6.55. The van der Waals surface area contributed by atoms with Crippen molar-refractivity contribution >= 4 is 5.91 Å². The van der Waals surface area contributed by atoms with E-state index in [4.69, 9.17) is 13.9 Å². The van der Waals surface area contributed by atoms with Crippen molar-refractivity contribution in [2.24, 2.45) is 0 Å². The van der Waals surface area contributed by atoms with Gasteiger partial charge in [0.2, 0.25) is 0 Å². The van der Waals surface area contributed by atoms with E-state index in [-0.39, 0.29) is 18.4 Å². The molecule has 1 aliphatic rings. The Morgan fingerprint density at radius 2 is 2.00 bits per heavy atom. The Balaban J connectivity index is 1.34. The lowest BCUT2D eigenvalue weighted by Gasteiger charge is -2.31. The Hall–Kier alpha value is -3.28. The molecule has 0 radical (unpaired) electrons. The molecule has 1 fully saturated rings. The van der Waals surface area contributed by atoms with Gasteiger partial charge in [-0.3, -0.25) is 4.79 Å². The molecule has 2 aromatic carbocycles. The van der Waals surface area contributed by atoms with Crippen LogP contribution in [0.4, 0.5) is 0 Å². The minimum atomic E-state index is -0.00188. The van der Waals surface area contributed by atoms with Gasteiger partial charge in [-0.05, 0) is 49.1 Å². The summed E-state index contributed by atoms with van der Waals surface area (Å²) in [6, 6.07) is 15.7. The summed E-state index contributed by atoms with van der Waals surface area (Å²) >= 11 is 0. The number of carbonyl (C=O) groups excluding carboxylic acids is 1. The second-order valence-electron chi connectivity index (χ2n) is 7.92. The number of likely N-dealkylation sites (tertiary alicyclic amines) is 1. The second-order valence-corrected chi connectivity index (χ2v) is 7.92. The first-order valence-corrected chi connectivity index (χ1v) is 10.7. The first kappa shape index (κ1) is 21.0. The number of benzene rings is 2. The predicted molar refractivity (Wildman–Crippen MR) is 118 cm³/mol. The number of oxazole rings is 1. The van der Waals surface area contributed by atoms with Crippen LogP contribution < -0.4 is 9.47 Å². The van der Waals surface area contributed by atoms with Gasteiger partial charge >= 0.3 is 0 Å². The molecule has 1 aromatic heterocycles. The largest absolute Gasteiger partial charge is 0.497 e. The topological polar surface area (TPSA) is 64.8 Å². The zero-order chi connectivity index (χ0) is 21.6. The van der Waals surface area contributed by atoms with Gasteiger partial charge in [0, 0.05) is 19.5 Å². The molecule has 0 N–H and O–H groups in total. The van der Waals surface area contributed by atoms with Gasteiger partial charge in [0.1, 0.15) is 17.3 Å². The smallest absolute Gasteiger partial charge is 0.260 e. The molecule has 162 valence electrons. The first-order valence-electron chi connectivity index (χ1n) is 10.7. The van der Waals surface area contributed by atoms with Crippen molar-refractivity contribution in [1.82, 2.24) is 9.88 Å². The first-order chi connectivity index (χ1) is 15.1. The normalized spacial score (nSPS) is 16.2. The molecule has 6 nitrogen and oxygen atoms in total. The molecule has 2 heterocycles. The SMILES string of the molecule is COc1ccc(Cc2cnc(C3CCCN(C(=O)COc4ccccc4C)C3)o2)cc1. The molecule has 1 saturated heterocycles. The van der Waals surface area contributed by atoms with Crippen molar-refractivity contribution < 1.29 is 18.7 Å². The van der Waals surface area contributed by atoms with E-state index in [2.05, 4.69) is 4.98 Å². The fourth-order valence-corrected chi connectivity index (χ4v) is 3.89. The summed E-state index contributed by atoms with van der Waals surface area (Å²) in [5.41, 5.74) is 2.16. The van der Waals surface area contributed by atoms with E-state index in [1.54, 1.807) is 13.3 Å². The van der Waals surface area contributed by atoms with Gasteiger partial charge in [-0.25, -0.2) is 4.98 Å². The van der Waals surface area contributed by atoms with E-state index in [1.807, 2.05) is 60.4 Å². The van der Waals surface area contributed by atoms with Gasteiger partial charge in [0.15, 0.2) is 12.5 Å². The highest BCUT2D eigenvalue weighted by Gasteiger charge is 2.28. The molecule has 0 bridgehead atoms. The van der Waals surface area contributed by atoms with Gasteiger partial charge in [-0.2, -0.15) is 0 Å². The Labute approximate surface area is 182 Å². The van der Waals surface area contributed by atoms with E-state index >= 15 is 0 Å². The molecule has 1 unspecified atom stereocenters. The van der Waals surface area contributed by atoms with E-state index in [1.165, 1.54) is 0 Å². The van der Waals surface area contributed by atoms with Crippen LogP contribution in [0.2, 0.25) is 0 Å². The Morgan fingerprint density at radius 3 is 2.77 bits per heavy atom. The average Bonchev–Trinajstić information content (AvgIpc) is 3.27. The third-order valence-corrected chi connectivity index (χ3v) is 5.68. The summed E-state index contributed by atoms with van der Waals surface area (Å²) in [5, 5.41) is 0. The number of amides is 1. The third-order valence-electron chi connectivity index (χ3n) is 5.68. The van der Waals surface area contributed by atoms with Crippen LogP contribution in [0.3, 0.4) is 0 Å². The molecule has 3 aromatic rings. The molecule has 31 heavy (non-hydrogen) atoms. The van der Waals surface area contributed by atoms with Crippen molar-refractivity contribution in [1.29, 1.82) is 0 Å². The van der Waals surface area contributed by atoms with Crippen molar-refractivity contribution in [2.75, 3.05) is 26.8 Å². The predicted octanol–water partition coefficient (Wildman–Crippen LogP) is 4.37. The molecular weight excluding hydrogens is 392 g/mol. The fourth-order valence-electron chi connectivity index (χ4n) is 3.89. The van der Waals surface area contributed by atoms with Crippen LogP contribution in [0.25, 0.3) is 0 Å². The van der Waals surface area contributed by atoms with Gasteiger partial charge in [0.05, 0.1) is 19.2 Å². The number of rotatable bonds is 7. The molecule has 0 spiro atoms. The number of hydrogen-bond acceptors (Lipinski definition) is 5. The van der Waals surface area contributed by atoms with Crippen LogP contribution in [-0.4, -0.2) is 42.6 Å². The number of aryl methyl sites for hydroxylation is 1. The Morgan fingerprint density at radius 1 is 1.19 bits per heavy atom. The van der Waals surface area contributed by atoms with Crippen LogP contribution in [0.1, 0.15) is 41.5 Å². The summed E-state index contributed by atoms with van der Waals surface area (Å²) in [4.78, 5) is 19.1. The maximum atomic E-state index is 12.7. The summed E-state index contributed by atoms with van der Waals surface area (Å²) in [6.07, 6.45) is 4.36. The molecule has 4 rings (SSSR count). The number of piperidine rings is 1. The molecule has 1 atom stereocenters. The standard InChI is InChI=1S/C25H28N2O4/c1-18-6-3-4-8-23(18)30-17-24(28)27-13-5-7-20(16-27)25-26-15-22(31-25)14-19-9-11-21(29-2)12-10-19/h3-4,6,8-12,15,20H,5,7,13-14,16-17H2,1-2H3. The minimum absolute atomic E-state index is 0.00188. The average molecular weight is 421 g/mol. The summed E-state index contributed by atoms with van der Waals surface area (Å²) < 4.78 is 17.0. The highest BCUT2D eigenvalue weighted by Crippen LogP contribution is 2.28. The fraction of sp³-hybridized carbons (Fsp3) is 0.360. The maximum absolute atomic E-state index is 12.7. The summed E-state index contributed by atoms with van der Waals surface area (Å²) in [7, 11) is 1.66. The van der Waals surface area contributed by atoms with Gasteiger partial charge in [-0.15, -0.1) is 0 Å². The molecule has 0 saturated carbocycles. The quantitative estimate of drug-likeness (QED) is 0.568. The Bertz CT molecular complexity index is 1010. The van der Waals surface area contributed by atoms with Crippen molar-refractivity contribution in [3.05, 3.63) is 77.5 Å². The van der Waals surface area contributed by atoms with Crippen molar-refractivity contribution in [3.8, 4) is 11.5 Å². The minimum Gasteiger partial charge on any atom is -0.497 e. The van der Waals surface area contributed by atoms with Crippen LogP contribution in [0.15, 0.2) is 59.1 Å². The molecule has 6 heteroatoms. The second kappa shape index (κ2) is 9.69. The van der Waals surface area contributed by atoms with Crippen molar-refractivity contribution in [2.45, 2.75) is 32.1 Å². The number of ether oxygens (including phenoxy) is 2. The number of hydrogen-bond donors (Lipinski definition) is 0.